The number of benzene rings is 2. The first-order valence-electron chi connectivity index (χ1n) is 9.74. The first kappa shape index (κ1) is 21.3. The molecule has 0 bridgehead atoms. The lowest BCUT2D eigenvalue weighted by Gasteiger charge is -2.16. The van der Waals surface area contributed by atoms with E-state index < -0.39 is 11.8 Å². The van der Waals surface area contributed by atoms with Gasteiger partial charge in [-0.25, -0.2) is 9.18 Å². The van der Waals surface area contributed by atoms with E-state index in [0.29, 0.717) is 28.5 Å². The van der Waals surface area contributed by atoms with E-state index in [0.717, 1.165) is 11.3 Å². The maximum absolute atomic E-state index is 13.8. The van der Waals surface area contributed by atoms with Gasteiger partial charge in [0.05, 0.1) is 57.0 Å². The predicted octanol–water partition coefficient (Wildman–Crippen LogP) is 4.55. The van der Waals surface area contributed by atoms with E-state index in [4.69, 9.17) is 23.9 Å². The van der Waals surface area contributed by atoms with Gasteiger partial charge in [-0.1, -0.05) is 0 Å². The highest BCUT2D eigenvalue weighted by Crippen LogP contribution is 2.43. The number of fused-ring (bicyclic) bond motifs is 1. The number of ether oxygens (including phenoxy) is 4. The van der Waals surface area contributed by atoms with Crippen molar-refractivity contribution in [3.05, 3.63) is 65.1 Å². The Labute approximate surface area is 184 Å². The molecule has 164 valence electrons. The molecule has 0 saturated carbocycles. The molecule has 1 aliphatic rings. The number of hydrogen-bond donors (Lipinski definition) is 0. The fourth-order valence-corrected chi connectivity index (χ4v) is 3.70. The second-order valence-corrected chi connectivity index (χ2v) is 6.99. The summed E-state index contributed by atoms with van der Waals surface area (Å²) < 4.78 is 34.8. The second-order valence-electron chi connectivity index (χ2n) is 6.99. The highest BCUT2D eigenvalue weighted by Gasteiger charge is 2.27. The minimum atomic E-state index is -0.558. The lowest BCUT2D eigenvalue weighted by atomic mass is 9.95. The summed E-state index contributed by atoms with van der Waals surface area (Å²) in [5.74, 6) is 0.119. The summed E-state index contributed by atoms with van der Waals surface area (Å²) in [5.41, 5.74) is 3.31. The zero-order chi connectivity index (χ0) is 22.8. The fraction of sp³-hybridized carbons (Fsp3) is 0.208. The lowest BCUT2D eigenvalue weighted by molar-refractivity contribution is 0.0601. The molecule has 1 aliphatic heterocycles. The van der Waals surface area contributed by atoms with Crippen molar-refractivity contribution in [2.45, 2.75) is 5.92 Å². The lowest BCUT2D eigenvalue weighted by Crippen LogP contribution is -2.10. The zero-order valence-electron chi connectivity index (χ0n) is 18.0. The quantitative estimate of drug-likeness (QED) is 0.528. The van der Waals surface area contributed by atoms with Crippen LogP contribution in [0.4, 0.5) is 10.1 Å². The molecule has 3 aromatic rings. The third-order valence-corrected chi connectivity index (χ3v) is 5.29. The molecule has 8 heteroatoms. The Hall–Kier alpha value is -3.94. The summed E-state index contributed by atoms with van der Waals surface area (Å²) in [5, 5.41) is 0. The number of esters is 1. The van der Waals surface area contributed by atoms with Gasteiger partial charge in [0.1, 0.15) is 11.6 Å². The summed E-state index contributed by atoms with van der Waals surface area (Å²) >= 11 is 0. The SMILES string of the molecule is COC(=O)c1ccc(C2C=Nc3cc(OC)c(OC)cc32)nc1-c1ccc(F)cc1OC. The summed E-state index contributed by atoms with van der Waals surface area (Å²) in [6.07, 6.45) is 1.77. The molecule has 32 heavy (non-hydrogen) atoms. The molecular weight excluding hydrogens is 415 g/mol. The van der Waals surface area contributed by atoms with Gasteiger partial charge in [0.15, 0.2) is 11.5 Å². The van der Waals surface area contributed by atoms with Crippen molar-refractivity contribution in [1.82, 2.24) is 4.98 Å². The molecule has 1 aromatic heterocycles. The average molecular weight is 436 g/mol. The molecule has 0 amide bonds. The van der Waals surface area contributed by atoms with E-state index in [1.807, 2.05) is 6.07 Å². The van der Waals surface area contributed by atoms with E-state index >= 15 is 0 Å². The van der Waals surface area contributed by atoms with E-state index in [2.05, 4.69) is 4.99 Å². The van der Waals surface area contributed by atoms with Gasteiger partial charge in [0.2, 0.25) is 0 Å². The van der Waals surface area contributed by atoms with Crippen molar-refractivity contribution < 1.29 is 28.1 Å². The van der Waals surface area contributed by atoms with Crippen molar-refractivity contribution >= 4 is 17.9 Å². The monoisotopic (exact) mass is 436 g/mol. The van der Waals surface area contributed by atoms with Crippen molar-refractivity contribution in [3.8, 4) is 28.5 Å². The highest BCUT2D eigenvalue weighted by atomic mass is 19.1. The topological polar surface area (TPSA) is 79.2 Å². The van der Waals surface area contributed by atoms with Crippen molar-refractivity contribution in [1.29, 1.82) is 0 Å². The first-order chi connectivity index (χ1) is 15.5. The largest absolute Gasteiger partial charge is 0.496 e. The van der Waals surface area contributed by atoms with Crippen molar-refractivity contribution in [2.24, 2.45) is 4.99 Å². The van der Waals surface area contributed by atoms with Crippen LogP contribution in [0.15, 0.2) is 47.5 Å². The maximum atomic E-state index is 13.8. The van der Waals surface area contributed by atoms with Gasteiger partial charge in [-0.2, -0.15) is 0 Å². The number of carbonyl (C=O) groups excluding carboxylic acids is 1. The molecule has 0 aliphatic carbocycles. The average Bonchev–Trinajstić information content (AvgIpc) is 3.24. The Morgan fingerprint density at radius 2 is 1.62 bits per heavy atom. The van der Waals surface area contributed by atoms with E-state index in [1.54, 1.807) is 38.6 Å². The number of hydrogen-bond acceptors (Lipinski definition) is 7. The van der Waals surface area contributed by atoms with Crippen LogP contribution in [0.2, 0.25) is 0 Å². The third kappa shape index (κ3) is 3.64. The summed E-state index contributed by atoms with van der Waals surface area (Å²) in [6.45, 7) is 0. The number of aliphatic imine (C=N–C) groups is 1. The van der Waals surface area contributed by atoms with Gasteiger partial charge >= 0.3 is 5.97 Å². The minimum absolute atomic E-state index is 0.239. The Morgan fingerprint density at radius 3 is 2.31 bits per heavy atom. The van der Waals surface area contributed by atoms with Crippen LogP contribution in [-0.2, 0) is 4.74 Å². The third-order valence-electron chi connectivity index (χ3n) is 5.29. The summed E-state index contributed by atoms with van der Waals surface area (Å²) in [4.78, 5) is 21.7. The summed E-state index contributed by atoms with van der Waals surface area (Å²) in [7, 11) is 5.86. The number of rotatable bonds is 6. The van der Waals surface area contributed by atoms with Crippen LogP contribution >= 0.6 is 0 Å². The Kier molecular flexibility index (Phi) is 5.77. The second kappa shape index (κ2) is 8.66. The molecule has 0 saturated heterocycles. The van der Waals surface area contributed by atoms with Crippen LogP contribution in [0.1, 0.15) is 27.5 Å². The molecular formula is C24H21FN2O5. The van der Waals surface area contributed by atoms with Crippen LogP contribution in [0.25, 0.3) is 11.3 Å². The normalized spacial score (nSPS) is 14.1. The Bertz CT molecular complexity index is 1230. The highest BCUT2D eigenvalue weighted by molar-refractivity contribution is 5.97. The predicted molar refractivity (Wildman–Crippen MR) is 117 cm³/mol. The van der Waals surface area contributed by atoms with Gasteiger partial charge in [0, 0.05) is 23.9 Å². The van der Waals surface area contributed by atoms with Gasteiger partial charge in [-0.15, -0.1) is 0 Å². The van der Waals surface area contributed by atoms with Gasteiger partial charge in [-0.3, -0.25) is 9.98 Å². The molecule has 0 N–H and O–H groups in total. The van der Waals surface area contributed by atoms with Crippen LogP contribution in [0.3, 0.4) is 0 Å². The van der Waals surface area contributed by atoms with Gasteiger partial charge in [-0.05, 0) is 35.9 Å². The van der Waals surface area contributed by atoms with Crippen LogP contribution in [-0.4, -0.2) is 45.6 Å². The standard InChI is InChI=1S/C24H21FN2O5/c1-29-20-9-13(25)5-6-14(20)23-15(24(28)32-4)7-8-18(27-23)17-12-26-19-11-22(31-3)21(30-2)10-16(17)19/h5-12,17H,1-4H3. The molecule has 1 unspecified atom stereocenters. The van der Waals surface area contributed by atoms with Crippen molar-refractivity contribution in [3.63, 3.8) is 0 Å². The van der Waals surface area contributed by atoms with E-state index in [1.165, 1.54) is 32.4 Å². The zero-order valence-corrected chi connectivity index (χ0v) is 18.0. The summed E-state index contributed by atoms with van der Waals surface area (Å²) in [6, 6.07) is 11.1. The molecule has 1 atom stereocenters. The molecule has 0 fully saturated rings. The number of nitrogens with zero attached hydrogens (tertiary/aromatic N) is 2. The van der Waals surface area contributed by atoms with Gasteiger partial charge in [0.25, 0.3) is 0 Å². The van der Waals surface area contributed by atoms with Crippen molar-refractivity contribution in [2.75, 3.05) is 28.4 Å². The van der Waals surface area contributed by atoms with Gasteiger partial charge < -0.3 is 18.9 Å². The maximum Gasteiger partial charge on any atom is 0.340 e. The minimum Gasteiger partial charge on any atom is -0.496 e. The molecule has 4 rings (SSSR count). The van der Waals surface area contributed by atoms with Crippen LogP contribution < -0.4 is 14.2 Å². The Balaban J connectivity index is 1.87. The number of carbonyl (C=O) groups is 1. The fourth-order valence-electron chi connectivity index (χ4n) is 3.70. The molecule has 0 spiro atoms. The molecule has 7 nitrogen and oxygen atoms in total. The molecule has 0 radical (unpaired) electrons. The molecule has 2 heterocycles. The number of halogens is 1. The van der Waals surface area contributed by atoms with E-state index in [-0.39, 0.29) is 17.2 Å². The number of aromatic nitrogens is 1. The van der Waals surface area contributed by atoms with E-state index in [9.17, 15) is 9.18 Å². The smallest absolute Gasteiger partial charge is 0.340 e. The molecule has 2 aromatic carbocycles. The number of pyridine rings is 1. The number of methoxy groups -OCH3 is 4. The van der Waals surface area contributed by atoms with Crippen LogP contribution in [0.5, 0.6) is 17.2 Å². The Morgan fingerprint density at radius 1 is 0.906 bits per heavy atom. The van der Waals surface area contributed by atoms with Crippen LogP contribution in [0, 0.1) is 5.82 Å². The first-order valence-corrected chi connectivity index (χ1v) is 9.74.